The Bertz CT molecular complexity index is 342. The molecule has 0 aromatic heterocycles. The van der Waals surface area contributed by atoms with Crippen LogP contribution in [-0.4, -0.2) is 33.5 Å². The topological polar surface area (TPSA) is 27.7 Å². The fourth-order valence-electron chi connectivity index (χ4n) is 4.20. The first-order valence-corrected chi connectivity index (χ1v) is 12.8. The zero-order valence-corrected chi connectivity index (χ0v) is 18.8. The van der Waals surface area contributed by atoms with Gasteiger partial charge in [-0.25, -0.2) is 0 Å². The number of hydrogen-bond acceptors (Lipinski definition) is 4. The molecule has 0 aliphatic heterocycles. The summed E-state index contributed by atoms with van der Waals surface area (Å²) in [5.74, 6) is 1.64. The molecule has 0 saturated heterocycles. The van der Waals surface area contributed by atoms with Gasteiger partial charge < -0.3 is 13.3 Å². The molecule has 0 aromatic carbocycles. The van der Waals surface area contributed by atoms with E-state index in [9.17, 15) is 0 Å². The number of hydrogen-bond donors (Lipinski definition) is 0. The van der Waals surface area contributed by atoms with Crippen molar-refractivity contribution in [2.45, 2.75) is 91.5 Å². The molecule has 0 heterocycles. The summed E-state index contributed by atoms with van der Waals surface area (Å²) < 4.78 is 18.2. The minimum Gasteiger partial charge on any atom is -0.374 e. The van der Waals surface area contributed by atoms with Crippen molar-refractivity contribution in [2.75, 3.05) is 19.8 Å². The molecule has 0 bridgehead atoms. The lowest BCUT2D eigenvalue weighted by atomic mass is 9.76. The Balaban J connectivity index is 2.69. The predicted octanol–water partition coefficient (Wildman–Crippen LogP) is 6.18. The molecule has 1 atom stereocenters. The molecule has 0 spiro atoms. The van der Waals surface area contributed by atoms with Crippen LogP contribution in [0.2, 0.25) is 6.04 Å². The highest BCUT2D eigenvalue weighted by atomic mass is 32.1. The van der Waals surface area contributed by atoms with E-state index in [-0.39, 0.29) is 0 Å². The van der Waals surface area contributed by atoms with Crippen molar-refractivity contribution in [1.29, 1.82) is 0 Å². The standard InChI is InChI=1S/C20H40O3SSi/c1-5-21-25(22-6-2,23-7-3)17-16-20(15-11-12-18(4)24)19-13-9-8-10-14-19/h19-20H,5-17H2,1-4H3. The molecule has 1 saturated carbocycles. The SMILES string of the molecule is CCO[Si](CCC(CCCC(C)=S)C1CCCCC1)(OCC)OCC. The Morgan fingerprint density at radius 1 is 0.960 bits per heavy atom. The van der Waals surface area contributed by atoms with E-state index in [0.717, 1.165) is 29.2 Å². The van der Waals surface area contributed by atoms with E-state index in [1.807, 2.05) is 20.8 Å². The summed E-state index contributed by atoms with van der Waals surface area (Å²) in [6.07, 6.45) is 11.8. The van der Waals surface area contributed by atoms with Crippen molar-refractivity contribution >= 4 is 25.9 Å². The summed E-state index contributed by atoms with van der Waals surface area (Å²) >= 11 is 5.28. The number of rotatable bonds is 14. The van der Waals surface area contributed by atoms with Crippen LogP contribution in [-0.2, 0) is 13.3 Å². The third-order valence-corrected chi connectivity index (χ3v) is 8.62. The van der Waals surface area contributed by atoms with Gasteiger partial charge in [-0.2, -0.15) is 0 Å². The van der Waals surface area contributed by atoms with Crippen LogP contribution in [0.4, 0.5) is 0 Å². The molecule has 0 amide bonds. The quantitative estimate of drug-likeness (QED) is 0.262. The molecule has 1 rings (SSSR count). The average Bonchev–Trinajstić information content (AvgIpc) is 2.59. The van der Waals surface area contributed by atoms with Gasteiger partial charge in [-0.1, -0.05) is 44.3 Å². The Labute approximate surface area is 162 Å². The van der Waals surface area contributed by atoms with Gasteiger partial charge in [0.15, 0.2) is 0 Å². The minimum atomic E-state index is -2.51. The van der Waals surface area contributed by atoms with Crippen molar-refractivity contribution in [3.8, 4) is 0 Å². The fraction of sp³-hybridized carbons (Fsp3) is 0.950. The second-order valence-electron chi connectivity index (χ2n) is 7.27. The van der Waals surface area contributed by atoms with E-state index in [1.54, 1.807) is 0 Å². The first-order chi connectivity index (χ1) is 12.1. The Morgan fingerprint density at radius 3 is 2.00 bits per heavy atom. The van der Waals surface area contributed by atoms with Gasteiger partial charge in [-0.15, -0.1) is 0 Å². The van der Waals surface area contributed by atoms with Crippen LogP contribution in [0, 0.1) is 11.8 Å². The molecule has 1 fully saturated rings. The summed E-state index contributed by atoms with van der Waals surface area (Å²) in [5, 5.41) is 0. The van der Waals surface area contributed by atoms with Gasteiger partial charge in [-0.05, 0) is 70.1 Å². The summed E-state index contributed by atoms with van der Waals surface area (Å²) in [4.78, 5) is 1.14. The largest absolute Gasteiger partial charge is 0.500 e. The lowest BCUT2D eigenvalue weighted by Crippen LogP contribution is -2.46. The van der Waals surface area contributed by atoms with E-state index in [2.05, 4.69) is 6.92 Å². The summed E-state index contributed by atoms with van der Waals surface area (Å²) in [5.41, 5.74) is 0. The van der Waals surface area contributed by atoms with Gasteiger partial charge in [0.25, 0.3) is 0 Å². The number of thiocarbonyl (C=S) groups is 1. The normalized spacial score (nSPS) is 17.6. The van der Waals surface area contributed by atoms with Gasteiger partial charge in [0, 0.05) is 25.9 Å². The third-order valence-electron chi connectivity index (χ3n) is 5.33. The van der Waals surface area contributed by atoms with E-state index < -0.39 is 8.80 Å². The predicted molar refractivity (Wildman–Crippen MR) is 112 cm³/mol. The zero-order valence-electron chi connectivity index (χ0n) is 17.0. The molecule has 3 nitrogen and oxygen atoms in total. The summed E-state index contributed by atoms with van der Waals surface area (Å²) in [7, 11) is -2.51. The Kier molecular flexibility index (Phi) is 12.4. The molecule has 5 heteroatoms. The molecule has 1 aliphatic rings. The van der Waals surface area contributed by atoms with Crippen molar-refractivity contribution < 1.29 is 13.3 Å². The van der Waals surface area contributed by atoms with Crippen LogP contribution in [0.1, 0.15) is 85.5 Å². The maximum absolute atomic E-state index is 6.06. The second kappa shape index (κ2) is 13.4. The van der Waals surface area contributed by atoms with Gasteiger partial charge in [0.1, 0.15) is 0 Å². The highest BCUT2D eigenvalue weighted by Gasteiger charge is 2.41. The molecular formula is C20H40O3SSi. The lowest BCUT2D eigenvalue weighted by Gasteiger charge is -2.34. The van der Waals surface area contributed by atoms with Crippen molar-refractivity contribution in [3.63, 3.8) is 0 Å². The monoisotopic (exact) mass is 388 g/mol. The van der Waals surface area contributed by atoms with Crippen LogP contribution in [0.5, 0.6) is 0 Å². The third kappa shape index (κ3) is 9.09. The van der Waals surface area contributed by atoms with Crippen LogP contribution >= 0.6 is 12.2 Å². The molecule has 148 valence electrons. The van der Waals surface area contributed by atoms with Crippen LogP contribution in [0.3, 0.4) is 0 Å². The van der Waals surface area contributed by atoms with E-state index in [1.165, 1.54) is 51.4 Å². The van der Waals surface area contributed by atoms with Gasteiger partial charge in [0.2, 0.25) is 0 Å². The van der Waals surface area contributed by atoms with Gasteiger partial charge in [0.05, 0.1) is 0 Å². The van der Waals surface area contributed by atoms with Crippen LogP contribution in [0.25, 0.3) is 0 Å². The van der Waals surface area contributed by atoms with Gasteiger partial charge in [-0.3, -0.25) is 0 Å². The summed E-state index contributed by atoms with van der Waals surface area (Å²) in [6.45, 7) is 10.2. The van der Waals surface area contributed by atoms with E-state index >= 15 is 0 Å². The van der Waals surface area contributed by atoms with Crippen molar-refractivity contribution in [3.05, 3.63) is 0 Å². The zero-order chi connectivity index (χ0) is 18.5. The first kappa shape index (κ1) is 23.2. The van der Waals surface area contributed by atoms with Crippen molar-refractivity contribution in [2.24, 2.45) is 11.8 Å². The van der Waals surface area contributed by atoms with E-state index in [0.29, 0.717) is 19.8 Å². The Hall–Kier alpha value is 0.187. The molecule has 0 aromatic rings. The second-order valence-corrected chi connectivity index (χ2v) is 10.7. The average molecular weight is 389 g/mol. The highest BCUT2D eigenvalue weighted by Crippen LogP contribution is 2.37. The first-order valence-electron chi connectivity index (χ1n) is 10.5. The van der Waals surface area contributed by atoms with Crippen LogP contribution < -0.4 is 0 Å². The lowest BCUT2D eigenvalue weighted by molar-refractivity contribution is 0.0677. The van der Waals surface area contributed by atoms with Crippen molar-refractivity contribution in [1.82, 2.24) is 0 Å². The fourth-order valence-corrected chi connectivity index (χ4v) is 7.07. The van der Waals surface area contributed by atoms with Gasteiger partial charge >= 0.3 is 8.80 Å². The highest BCUT2D eigenvalue weighted by molar-refractivity contribution is 7.80. The molecular weight excluding hydrogens is 348 g/mol. The Morgan fingerprint density at radius 2 is 1.52 bits per heavy atom. The molecule has 25 heavy (non-hydrogen) atoms. The molecule has 1 aliphatic carbocycles. The minimum absolute atomic E-state index is 0.671. The smallest absolute Gasteiger partial charge is 0.374 e. The molecule has 1 unspecified atom stereocenters. The maximum Gasteiger partial charge on any atom is 0.500 e. The molecule has 0 N–H and O–H groups in total. The van der Waals surface area contributed by atoms with Crippen LogP contribution in [0.15, 0.2) is 0 Å². The summed E-state index contributed by atoms with van der Waals surface area (Å²) in [6, 6.07) is 0.959. The van der Waals surface area contributed by atoms with E-state index in [4.69, 9.17) is 25.5 Å². The molecule has 0 radical (unpaired) electrons. The maximum atomic E-state index is 6.06.